The van der Waals surface area contributed by atoms with Crippen molar-refractivity contribution in [1.82, 2.24) is 4.90 Å². The summed E-state index contributed by atoms with van der Waals surface area (Å²) in [6.07, 6.45) is 2.81. The van der Waals surface area contributed by atoms with Gasteiger partial charge in [0.15, 0.2) is 0 Å². The van der Waals surface area contributed by atoms with Crippen LogP contribution in [0.2, 0.25) is 0 Å². The molecule has 0 bridgehead atoms. The van der Waals surface area contributed by atoms with Crippen LogP contribution in [0.1, 0.15) is 12.0 Å². The topological polar surface area (TPSA) is 32.7 Å². The normalized spacial score (nSPS) is 20.8. The number of benzene rings is 1. The molecule has 1 aromatic carbocycles. The molecular formula is C13H19NO2S. The number of rotatable bonds is 4. The second kappa shape index (κ2) is 5.76. The number of likely N-dealkylation sites (tertiary alicyclic amines) is 1. The summed E-state index contributed by atoms with van der Waals surface area (Å²) in [7, 11) is 1.70. The summed E-state index contributed by atoms with van der Waals surface area (Å²) in [5, 5.41) is 9.49. The van der Waals surface area contributed by atoms with Crippen LogP contribution in [0, 0.1) is 0 Å². The first kappa shape index (κ1) is 12.7. The fraction of sp³-hybridized carbons (Fsp3) is 0.538. The zero-order chi connectivity index (χ0) is 12.3. The molecule has 1 heterocycles. The first-order valence-electron chi connectivity index (χ1n) is 5.84. The molecule has 17 heavy (non-hydrogen) atoms. The van der Waals surface area contributed by atoms with Gasteiger partial charge in [-0.25, -0.2) is 0 Å². The second-order valence-electron chi connectivity index (χ2n) is 4.37. The molecule has 0 aliphatic carbocycles. The molecule has 1 aliphatic heterocycles. The van der Waals surface area contributed by atoms with Crippen molar-refractivity contribution < 1.29 is 9.84 Å². The lowest BCUT2D eigenvalue weighted by molar-refractivity contribution is 0.175. The van der Waals surface area contributed by atoms with E-state index in [9.17, 15) is 5.11 Å². The van der Waals surface area contributed by atoms with E-state index in [0.717, 1.165) is 31.8 Å². The molecule has 1 atom stereocenters. The highest BCUT2D eigenvalue weighted by molar-refractivity contribution is 7.98. The molecule has 2 rings (SSSR count). The maximum Gasteiger partial charge on any atom is 0.132 e. The van der Waals surface area contributed by atoms with Crippen molar-refractivity contribution in [3.05, 3.63) is 23.8 Å². The van der Waals surface area contributed by atoms with E-state index in [1.165, 1.54) is 10.5 Å². The van der Waals surface area contributed by atoms with Gasteiger partial charge in [-0.05, 0) is 30.4 Å². The van der Waals surface area contributed by atoms with E-state index in [0.29, 0.717) is 0 Å². The van der Waals surface area contributed by atoms with Crippen LogP contribution in [0.3, 0.4) is 0 Å². The molecule has 0 aromatic heterocycles. The smallest absolute Gasteiger partial charge is 0.132 e. The fourth-order valence-electron chi connectivity index (χ4n) is 2.19. The Kier molecular flexibility index (Phi) is 4.31. The van der Waals surface area contributed by atoms with E-state index < -0.39 is 0 Å². The molecule has 0 unspecified atom stereocenters. The van der Waals surface area contributed by atoms with E-state index in [-0.39, 0.29) is 6.10 Å². The molecule has 1 aliphatic rings. The van der Waals surface area contributed by atoms with Crippen LogP contribution in [0.5, 0.6) is 5.75 Å². The van der Waals surface area contributed by atoms with E-state index in [1.54, 1.807) is 18.9 Å². The summed E-state index contributed by atoms with van der Waals surface area (Å²) in [6, 6.07) is 6.30. The number of β-amino-alcohol motifs (C(OH)–C–C–N with tert-alkyl or cyclic N) is 1. The largest absolute Gasteiger partial charge is 0.496 e. The summed E-state index contributed by atoms with van der Waals surface area (Å²) >= 11 is 1.70. The number of ether oxygens (including phenoxy) is 1. The lowest BCUT2D eigenvalue weighted by atomic mass is 10.2. The summed E-state index contributed by atoms with van der Waals surface area (Å²) < 4.78 is 5.30. The molecule has 1 N–H and O–H groups in total. The van der Waals surface area contributed by atoms with Gasteiger partial charge in [0.2, 0.25) is 0 Å². The Morgan fingerprint density at radius 1 is 1.53 bits per heavy atom. The van der Waals surface area contributed by atoms with Crippen LogP contribution in [0.15, 0.2) is 23.1 Å². The number of hydrogen-bond donors (Lipinski definition) is 1. The van der Waals surface area contributed by atoms with Gasteiger partial charge < -0.3 is 9.84 Å². The van der Waals surface area contributed by atoms with Gasteiger partial charge >= 0.3 is 0 Å². The first-order chi connectivity index (χ1) is 8.22. The van der Waals surface area contributed by atoms with Crippen molar-refractivity contribution in [2.45, 2.75) is 24.0 Å². The van der Waals surface area contributed by atoms with Crippen LogP contribution in [0.4, 0.5) is 0 Å². The predicted molar refractivity (Wildman–Crippen MR) is 70.7 cm³/mol. The Morgan fingerprint density at radius 2 is 2.35 bits per heavy atom. The van der Waals surface area contributed by atoms with Crippen molar-refractivity contribution in [3.8, 4) is 5.75 Å². The molecule has 94 valence electrons. The Bertz CT molecular complexity index is 384. The molecule has 1 fully saturated rings. The number of hydrogen-bond acceptors (Lipinski definition) is 4. The van der Waals surface area contributed by atoms with E-state index in [2.05, 4.69) is 23.3 Å². The quantitative estimate of drug-likeness (QED) is 0.832. The molecular weight excluding hydrogens is 234 g/mol. The van der Waals surface area contributed by atoms with Crippen LogP contribution in [-0.4, -0.2) is 42.6 Å². The third-order valence-corrected chi connectivity index (χ3v) is 3.86. The number of aliphatic hydroxyl groups is 1. The number of nitrogens with zero attached hydrogens (tertiary/aromatic N) is 1. The second-order valence-corrected chi connectivity index (χ2v) is 5.22. The van der Waals surface area contributed by atoms with E-state index >= 15 is 0 Å². The Morgan fingerprint density at radius 3 is 2.94 bits per heavy atom. The average Bonchev–Trinajstić information content (AvgIpc) is 2.74. The molecule has 0 saturated carbocycles. The molecule has 3 nitrogen and oxygen atoms in total. The molecule has 0 amide bonds. The summed E-state index contributed by atoms with van der Waals surface area (Å²) in [6.45, 7) is 2.69. The number of aliphatic hydroxyl groups excluding tert-OH is 1. The van der Waals surface area contributed by atoms with Crippen LogP contribution < -0.4 is 4.74 Å². The lowest BCUT2D eigenvalue weighted by Crippen LogP contribution is -2.21. The highest BCUT2D eigenvalue weighted by Crippen LogP contribution is 2.29. The van der Waals surface area contributed by atoms with Gasteiger partial charge in [-0.3, -0.25) is 4.90 Å². The van der Waals surface area contributed by atoms with Gasteiger partial charge in [0.25, 0.3) is 0 Å². The Balaban J connectivity index is 2.06. The van der Waals surface area contributed by atoms with Gasteiger partial charge in [-0.1, -0.05) is 6.07 Å². The van der Waals surface area contributed by atoms with E-state index in [1.807, 2.05) is 6.07 Å². The molecule has 0 radical (unpaired) electrons. The third kappa shape index (κ3) is 3.15. The number of thioether (sulfide) groups is 1. The minimum Gasteiger partial charge on any atom is -0.496 e. The van der Waals surface area contributed by atoms with Crippen molar-refractivity contribution in [1.29, 1.82) is 0 Å². The Hall–Kier alpha value is -0.710. The average molecular weight is 253 g/mol. The Labute approximate surface area is 107 Å². The van der Waals surface area contributed by atoms with Crippen molar-refractivity contribution >= 4 is 11.8 Å². The highest BCUT2D eigenvalue weighted by Gasteiger charge is 2.20. The lowest BCUT2D eigenvalue weighted by Gasteiger charge is -2.16. The molecule has 0 spiro atoms. The van der Waals surface area contributed by atoms with Crippen molar-refractivity contribution in [2.24, 2.45) is 0 Å². The summed E-state index contributed by atoms with van der Waals surface area (Å²) in [5.74, 6) is 0.933. The summed E-state index contributed by atoms with van der Waals surface area (Å²) in [5.41, 5.74) is 1.28. The monoisotopic (exact) mass is 253 g/mol. The van der Waals surface area contributed by atoms with Gasteiger partial charge in [-0.15, -0.1) is 11.8 Å². The van der Waals surface area contributed by atoms with Gasteiger partial charge in [0, 0.05) is 24.5 Å². The van der Waals surface area contributed by atoms with Crippen LogP contribution >= 0.6 is 11.8 Å². The minimum absolute atomic E-state index is 0.145. The maximum atomic E-state index is 9.49. The molecule has 1 aromatic rings. The zero-order valence-corrected chi connectivity index (χ0v) is 11.2. The van der Waals surface area contributed by atoms with Gasteiger partial charge in [0.05, 0.1) is 13.2 Å². The van der Waals surface area contributed by atoms with E-state index in [4.69, 9.17) is 4.74 Å². The molecule has 1 saturated heterocycles. The summed E-state index contributed by atoms with van der Waals surface area (Å²) in [4.78, 5) is 3.46. The van der Waals surface area contributed by atoms with Crippen LogP contribution in [-0.2, 0) is 6.54 Å². The number of methoxy groups -OCH3 is 1. The fourth-order valence-corrected chi connectivity index (χ4v) is 2.81. The standard InChI is InChI=1S/C13H19NO2S/c1-16-12-4-3-10(7-13(12)17-2)8-14-6-5-11(15)9-14/h3-4,7,11,15H,5-6,8-9H2,1-2H3/t11-/m1/s1. The highest BCUT2D eigenvalue weighted by atomic mass is 32.2. The third-order valence-electron chi connectivity index (χ3n) is 3.10. The van der Waals surface area contributed by atoms with Crippen molar-refractivity contribution in [3.63, 3.8) is 0 Å². The zero-order valence-electron chi connectivity index (χ0n) is 10.3. The van der Waals surface area contributed by atoms with Crippen molar-refractivity contribution in [2.75, 3.05) is 26.5 Å². The first-order valence-corrected chi connectivity index (χ1v) is 7.06. The van der Waals surface area contributed by atoms with Crippen LogP contribution in [0.25, 0.3) is 0 Å². The molecule has 4 heteroatoms. The minimum atomic E-state index is -0.145. The maximum absolute atomic E-state index is 9.49. The van der Waals surface area contributed by atoms with Gasteiger partial charge in [0.1, 0.15) is 5.75 Å². The SMILES string of the molecule is COc1ccc(CN2CC[C@@H](O)C2)cc1SC. The predicted octanol–water partition coefficient (Wildman–Crippen LogP) is 1.98. The van der Waals surface area contributed by atoms with Gasteiger partial charge in [-0.2, -0.15) is 0 Å².